The average molecular weight is 155 g/mol. The predicted molar refractivity (Wildman–Crippen MR) is 49.7 cm³/mol. The van der Waals surface area contributed by atoms with E-state index in [1.165, 1.54) is 19.4 Å². The van der Waals surface area contributed by atoms with Crippen molar-refractivity contribution in [2.75, 3.05) is 6.54 Å². The van der Waals surface area contributed by atoms with Crippen molar-refractivity contribution in [3.05, 3.63) is 0 Å². The molecule has 1 heteroatoms. The number of hydrogen-bond donors (Lipinski definition) is 0. The lowest BCUT2D eigenvalue weighted by molar-refractivity contribution is 0.162. The van der Waals surface area contributed by atoms with Gasteiger partial charge in [0.15, 0.2) is 0 Å². The van der Waals surface area contributed by atoms with E-state index in [0.717, 1.165) is 18.0 Å². The van der Waals surface area contributed by atoms with Crippen LogP contribution in [0.5, 0.6) is 0 Å². The predicted octanol–water partition coefficient (Wildman–Crippen LogP) is 2.52. The molecule has 0 aromatic carbocycles. The lowest BCUT2D eigenvalue weighted by Crippen LogP contribution is -2.38. The Labute approximate surface area is 70.8 Å². The third kappa shape index (κ3) is 1.96. The van der Waals surface area contributed by atoms with Gasteiger partial charge in [0.05, 0.1) is 0 Å². The first-order valence-electron chi connectivity index (χ1n) is 4.88. The second kappa shape index (κ2) is 3.57. The van der Waals surface area contributed by atoms with Crippen molar-refractivity contribution in [2.45, 2.75) is 52.6 Å². The maximum absolute atomic E-state index is 2.64. The Morgan fingerprint density at radius 3 is 2.27 bits per heavy atom. The smallest absolute Gasteiger partial charge is 0.00927 e. The SMILES string of the molecule is CC(C)C(C)N1CCC[C@H]1C. The molecule has 0 amide bonds. The van der Waals surface area contributed by atoms with Gasteiger partial charge in [-0.3, -0.25) is 4.90 Å². The summed E-state index contributed by atoms with van der Waals surface area (Å²) < 4.78 is 0. The molecule has 66 valence electrons. The normalized spacial score (nSPS) is 29.7. The summed E-state index contributed by atoms with van der Waals surface area (Å²) in [4.78, 5) is 2.64. The van der Waals surface area contributed by atoms with E-state index in [-0.39, 0.29) is 0 Å². The van der Waals surface area contributed by atoms with Crippen molar-refractivity contribution in [2.24, 2.45) is 5.92 Å². The van der Waals surface area contributed by atoms with Crippen LogP contribution in [0.3, 0.4) is 0 Å². The molecular weight excluding hydrogens is 134 g/mol. The molecule has 0 aliphatic carbocycles. The van der Waals surface area contributed by atoms with Crippen LogP contribution in [-0.4, -0.2) is 23.5 Å². The molecular formula is C10H21N. The highest BCUT2D eigenvalue weighted by molar-refractivity contribution is 4.81. The van der Waals surface area contributed by atoms with Crippen molar-refractivity contribution in [3.8, 4) is 0 Å². The summed E-state index contributed by atoms with van der Waals surface area (Å²) in [5.74, 6) is 0.801. The topological polar surface area (TPSA) is 3.24 Å². The van der Waals surface area contributed by atoms with Crippen molar-refractivity contribution in [3.63, 3.8) is 0 Å². The molecule has 2 atom stereocenters. The quantitative estimate of drug-likeness (QED) is 0.592. The molecule has 1 fully saturated rings. The molecule has 1 aliphatic rings. The summed E-state index contributed by atoms with van der Waals surface area (Å²) >= 11 is 0. The van der Waals surface area contributed by atoms with Gasteiger partial charge >= 0.3 is 0 Å². The Bertz CT molecular complexity index is 120. The average Bonchev–Trinajstić information content (AvgIpc) is 2.33. The van der Waals surface area contributed by atoms with E-state index in [1.54, 1.807) is 0 Å². The molecule has 1 rings (SSSR count). The van der Waals surface area contributed by atoms with Gasteiger partial charge in [-0.25, -0.2) is 0 Å². The fourth-order valence-electron chi connectivity index (χ4n) is 1.94. The number of nitrogens with zero attached hydrogens (tertiary/aromatic N) is 1. The molecule has 1 saturated heterocycles. The van der Waals surface area contributed by atoms with Crippen LogP contribution in [0, 0.1) is 5.92 Å². The Morgan fingerprint density at radius 1 is 1.27 bits per heavy atom. The van der Waals surface area contributed by atoms with Crippen LogP contribution in [0.4, 0.5) is 0 Å². The molecule has 0 aromatic heterocycles. The Balaban J connectivity index is 2.45. The molecule has 0 saturated carbocycles. The standard InChI is InChI=1S/C10H21N/c1-8(2)10(4)11-7-5-6-9(11)3/h8-10H,5-7H2,1-4H3/t9-,10?/m1/s1. The summed E-state index contributed by atoms with van der Waals surface area (Å²) in [5, 5.41) is 0. The van der Waals surface area contributed by atoms with Crippen LogP contribution in [0.25, 0.3) is 0 Å². The van der Waals surface area contributed by atoms with E-state index < -0.39 is 0 Å². The zero-order valence-electron chi connectivity index (χ0n) is 8.30. The van der Waals surface area contributed by atoms with Crippen molar-refractivity contribution >= 4 is 0 Å². The van der Waals surface area contributed by atoms with Gasteiger partial charge < -0.3 is 0 Å². The van der Waals surface area contributed by atoms with E-state index in [0.29, 0.717) is 0 Å². The van der Waals surface area contributed by atoms with Gasteiger partial charge in [-0.05, 0) is 39.2 Å². The lowest BCUT2D eigenvalue weighted by atomic mass is 10.0. The molecule has 1 aliphatic heterocycles. The Kier molecular flexibility index (Phi) is 2.94. The number of rotatable bonds is 2. The summed E-state index contributed by atoms with van der Waals surface area (Å²) in [6.07, 6.45) is 2.80. The van der Waals surface area contributed by atoms with Crippen molar-refractivity contribution < 1.29 is 0 Å². The number of likely N-dealkylation sites (tertiary alicyclic amines) is 1. The first kappa shape index (κ1) is 9.05. The molecule has 11 heavy (non-hydrogen) atoms. The minimum atomic E-state index is 0.771. The van der Waals surface area contributed by atoms with Crippen LogP contribution in [0.1, 0.15) is 40.5 Å². The monoisotopic (exact) mass is 155 g/mol. The molecule has 0 spiro atoms. The Hall–Kier alpha value is -0.0400. The fourth-order valence-corrected chi connectivity index (χ4v) is 1.94. The van der Waals surface area contributed by atoms with Gasteiger partial charge in [-0.15, -0.1) is 0 Å². The largest absolute Gasteiger partial charge is 0.298 e. The highest BCUT2D eigenvalue weighted by Gasteiger charge is 2.26. The molecule has 0 bridgehead atoms. The van der Waals surface area contributed by atoms with Gasteiger partial charge in [0.1, 0.15) is 0 Å². The van der Waals surface area contributed by atoms with Crippen LogP contribution in [0.15, 0.2) is 0 Å². The van der Waals surface area contributed by atoms with Gasteiger partial charge in [0, 0.05) is 12.1 Å². The molecule has 1 nitrogen and oxygen atoms in total. The van der Waals surface area contributed by atoms with Crippen LogP contribution < -0.4 is 0 Å². The Morgan fingerprint density at radius 2 is 1.91 bits per heavy atom. The zero-order valence-corrected chi connectivity index (χ0v) is 8.30. The van der Waals surface area contributed by atoms with E-state index in [1.807, 2.05) is 0 Å². The molecule has 1 unspecified atom stereocenters. The maximum Gasteiger partial charge on any atom is 0.00927 e. The van der Waals surface area contributed by atoms with E-state index in [9.17, 15) is 0 Å². The zero-order chi connectivity index (χ0) is 8.43. The van der Waals surface area contributed by atoms with Gasteiger partial charge in [-0.2, -0.15) is 0 Å². The second-order valence-electron chi connectivity index (χ2n) is 4.21. The third-order valence-electron chi connectivity index (χ3n) is 3.09. The molecule has 0 N–H and O–H groups in total. The number of hydrogen-bond acceptors (Lipinski definition) is 1. The second-order valence-corrected chi connectivity index (χ2v) is 4.21. The van der Waals surface area contributed by atoms with E-state index in [2.05, 4.69) is 32.6 Å². The first-order chi connectivity index (χ1) is 5.13. The van der Waals surface area contributed by atoms with Gasteiger partial charge in [0.25, 0.3) is 0 Å². The van der Waals surface area contributed by atoms with Crippen LogP contribution in [0.2, 0.25) is 0 Å². The summed E-state index contributed by atoms with van der Waals surface area (Å²) in [5.41, 5.74) is 0. The van der Waals surface area contributed by atoms with Crippen LogP contribution in [-0.2, 0) is 0 Å². The highest BCUT2D eigenvalue weighted by atomic mass is 15.2. The maximum atomic E-state index is 2.64. The lowest BCUT2D eigenvalue weighted by Gasteiger charge is -2.31. The summed E-state index contributed by atoms with van der Waals surface area (Å²) in [6.45, 7) is 10.7. The fraction of sp³-hybridized carbons (Fsp3) is 1.00. The highest BCUT2D eigenvalue weighted by Crippen LogP contribution is 2.22. The minimum Gasteiger partial charge on any atom is -0.298 e. The minimum absolute atomic E-state index is 0.771. The summed E-state index contributed by atoms with van der Waals surface area (Å²) in [6, 6.07) is 1.60. The van der Waals surface area contributed by atoms with E-state index >= 15 is 0 Å². The van der Waals surface area contributed by atoms with Gasteiger partial charge in [0.2, 0.25) is 0 Å². The van der Waals surface area contributed by atoms with Gasteiger partial charge in [-0.1, -0.05) is 13.8 Å². The van der Waals surface area contributed by atoms with Crippen molar-refractivity contribution in [1.29, 1.82) is 0 Å². The van der Waals surface area contributed by atoms with E-state index in [4.69, 9.17) is 0 Å². The summed E-state index contributed by atoms with van der Waals surface area (Å²) in [7, 11) is 0. The first-order valence-corrected chi connectivity index (χ1v) is 4.88. The molecule has 0 aromatic rings. The molecule has 1 heterocycles. The van der Waals surface area contributed by atoms with Crippen molar-refractivity contribution in [1.82, 2.24) is 4.90 Å². The van der Waals surface area contributed by atoms with Crippen LogP contribution >= 0.6 is 0 Å². The third-order valence-corrected chi connectivity index (χ3v) is 3.09. The molecule has 0 radical (unpaired) electrons.